The Bertz CT molecular complexity index is 679. The molecule has 1 amide bonds. The maximum absolute atomic E-state index is 12.7. The van der Waals surface area contributed by atoms with E-state index in [2.05, 4.69) is 20.8 Å². The van der Waals surface area contributed by atoms with E-state index in [0.717, 1.165) is 11.3 Å². The molecular weight excluding hydrogens is 296 g/mol. The number of aryl methyl sites for hydroxylation is 1. The SMILES string of the molecule is Cc1ccc(NC(=O)C2(CN)CCOCC2)cc1-n1cnnn1. The molecule has 23 heavy (non-hydrogen) atoms. The van der Waals surface area contributed by atoms with Crippen molar-refractivity contribution in [1.82, 2.24) is 20.2 Å². The number of hydrogen-bond donors (Lipinski definition) is 2. The first kappa shape index (κ1) is 15.6. The number of nitrogens with one attached hydrogen (secondary N) is 1. The molecule has 1 aromatic carbocycles. The van der Waals surface area contributed by atoms with Gasteiger partial charge >= 0.3 is 0 Å². The zero-order valence-electron chi connectivity index (χ0n) is 13.0. The molecule has 8 nitrogen and oxygen atoms in total. The number of nitrogens with zero attached hydrogens (tertiary/aromatic N) is 4. The lowest BCUT2D eigenvalue weighted by molar-refractivity contribution is -0.130. The molecule has 1 aromatic heterocycles. The van der Waals surface area contributed by atoms with Crippen molar-refractivity contribution in [2.24, 2.45) is 11.1 Å². The number of tetrazole rings is 1. The summed E-state index contributed by atoms with van der Waals surface area (Å²) in [5.74, 6) is -0.0604. The van der Waals surface area contributed by atoms with Gasteiger partial charge in [0, 0.05) is 25.4 Å². The van der Waals surface area contributed by atoms with Crippen LogP contribution in [0.2, 0.25) is 0 Å². The van der Waals surface area contributed by atoms with Crippen LogP contribution in [-0.4, -0.2) is 45.9 Å². The van der Waals surface area contributed by atoms with Crippen LogP contribution in [0.25, 0.3) is 5.69 Å². The number of hydrogen-bond acceptors (Lipinski definition) is 6. The smallest absolute Gasteiger partial charge is 0.232 e. The van der Waals surface area contributed by atoms with Gasteiger partial charge < -0.3 is 15.8 Å². The quantitative estimate of drug-likeness (QED) is 0.858. The zero-order chi connectivity index (χ0) is 16.3. The van der Waals surface area contributed by atoms with Crippen molar-refractivity contribution >= 4 is 11.6 Å². The van der Waals surface area contributed by atoms with Gasteiger partial charge in [0.15, 0.2) is 0 Å². The Kier molecular flexibility index (Phi) is 4.35. The molecule has 122 valence electrons. The Morgan fingerprint density at radius 3 is 2.87 bits per heavy atom. The van der Waals surface area contributed by atoms with Gasteiger partial charge in [-0.2, -0.15) is 0 Å². The molecule has 1 saturated heterocycles. The van der Waals surface area contributed by atoms with E-state index in [0.29, 0.717) is 38.3 Å². The fourth-order valence-corrected chi connectivity index (χ4v) is 2.76. The second-order valence-electron chi connectivity index (χ2n) is 5.81. The monoisotopic (exact) mass is 316 g/mol. The summed E-state index contributed by atoms with van der Waals surface area (Å²) >= 11 is 0. The van der Waals surface area contributed by atoms with Crippen LogP contribution < -0.4 is 11.1 Å². The molecule has 0 spiro atoms. The topological polar surface area (TPSA) is 108 Å². The Hall–Kier alpha value is -2.32. The van der Waals surface area contributed by atoms with Gasteiger partial charge in [0.25, 0.3) is 0 Å². The number of aromatic nitrogens is 4. The van der Waals surface area contributed by atoms with Crippen molar-refractivity contribution in [1.29, 1.82) is 0 Å². The lowest BCUT2D eigenvalue weighted by Crippen LogP contribution is -2.46. The summed E-state index contributed by atoms with van der Waals surface area (Å²) in [6.45, 7) is 3.40. The molecule has 8 heteroatoms. The summed E-state index contributed by atoms with van der Waals surface area (Å²) < 4.78 is 6.92. The predicted octanol–water partition coefficient (Wildman–Crippen LogP) is 0.665. The van der Waals surface area contributed by atoms with Gasteiger partial charge in [0.2, 0.25) is 5.91 Å². The minimum atomic E-state index is -0.557. The van der Waals surface area contributed by atoms with Gasteiger partial charge in [0.1, 0.15) is 6.33 Å². The summed E-state index contributed by atoms with van der Waals surface area (Å²) in [6, 6.07) is 5.64. The lowest BCUT2D eigenvalue weighted by Gasteiger charge is -2.34. The van der Waals surface area contributed by atoms with E-state index >= 15 is 0 Å². The molecule has 1 fully saturated rings. The highest BCUT2D eigenvalue weighted by Gasteiger charge is 2.38. The Labute approximate surface area is 134 Å². The third-order valence-corrected chi connectivity index (χ3v) is 4.39. The summed E-state index contributed by atoms with van der Waals surface area (Å²) in [7, 11) is 0. The number of carbonyl (C=O) groups is 1. The van der Waals surface area contributed by atoms with Gasteiger partial charge in [-0.15, -0.1) is 5.10 Å². The van der Waals surface area contributed by atoms with Crippen LogP contribution in [0.4, 0.5) is 5.69 Å². The molecule has 0 unspecified atom stereocenters. The largest absolute Gasteiger partial charge is 0.381 e. The van der Waals surface area contributed by atoms with E-state index in [1.165, 1.54) is 6.33 Å². The normalized spacial score (nSPS) is 17.0. The first-order chi connectivity index (χ1) is 11.1. The van der Waals surface area contributed by atoms with Crippen LogP contribution in [0.1, 0.15) is 18.4 Å². The molecule has 3 rings (SSSR count). The molecule has 0 bridgehead atoms. The molecule has 0 atom stereocenters. The van der Waals surface area contributed by atoms with E-state index in [-0.39, 0.29) is 5.91 Å². The summed E-state index contributed by atoms with van der Waals surface area (Å²) in [5, 5.41) is 14.2. The van der Waals surface area contributed by atoms with E-state index in [4.69, 9.17) is 10.5 Å². The molecule has 3 N–H and O–H groups in total. The van der Waals surface area contributed by atoms with E-state index < -0.39 is 5.41 Å². The van der Waals surface area contributed by atoms with Crippen molar-refractivity contribution in [3.63, 3.8) is 0 Å². The number of anilines is 1. The number of nitrogens with two attached hydrogens (primary N) is 1. The molecule has 2 aromatic rings. The zero-order valence-corrected chi connectivity index (χ0v) is 13.0. The number of amides is 1. The van der Waals surface area contributed by atoms with Crippen molar-refractivity contribution < 1.29 is 9.53 Å². The van der Waals surface area contributed by atoms with E-state index in [1.54, 1.807) is 4.68 Å². The van der Waals surface area contributed by atoms with Crippen molar-refractivity contribution in [2.45, 2.75) is 19.8 Å². The summed E-state index contributed by atoms with van der Waals surface area (Å²) in [4.78, 5) is 12.7. The van der Waals surface area contributed by atoms with E-state index in [1.807, 2.05) is 25.1 Å². The van der Waals surface area contributed by atoms with Crippen molar-refractivity contribution in [2.75, 3.05) is 25.1 Å². The maximum atomic E-state index is 12.7. The van der Waals surface area contributed by atoms with Crippen LogP contribution in [-0.2, 0) is 9.53 Å². The number of rotatable bonds is 4. The molecule has 1 aliphatic heterocycles. The molecule has 1 aliphatic rings. The number of carbonyl (C=O) groups excluding carboxylic acids is 1. The Morgan fingerprint density at radius 1 is 1.43 bits per heavy atom. The molecule has 2 heterocycles. The molecular formula is C15H20N6O2. The average molecular weight is 316 g/mol. The predicted molar refractivity (Wildman–Crippen MR) is 84.1 cm³/mol. The summed E-state index contributed by atoms with van der Waals surface area (Å²) in [5.41, 5.74) is 7.85. The van der Waals surface area contributed by atoms with Gasteiger partial charge in [0.05, 0.1) is 11.1 Å². The minimum Gasteiger partial charge on any atom is -0.381 e. The van der Waals surface area contributed by atoms with Crippen molar-refractivity contribution in [3.8, 4) is 5.69 Å². The van der Waals surface area contributed by atoms with Crippen LogP contribution in [0, 0.1) is 12.3 Å². The fraction of sp³-hybridized carbons (Fsp3) is 0.467. The van der Waals surface area contributed by atoms with Gasteiger partial charge in [-0.25, -0.2) is 4.68 Å². The number of ether oxygens (including phenoxy) is 1. The first-order valence-electron chi connectivity index (χ1n) is 7.58. The lowest BCUT2D eigenvalue weighted by atomic mass is 9.79. The van der Waals surface area contributed by atoms with Crippen molar-refractivity contribution in [3.05, 3.63) is 30.1 Å². The van der Waals surface area contributed by atoms with Crippen LogP contribution >= 0.6 is 0 Å². The standard InChI is InChI=1S/C15H20N6O2/c1-11-2-3-12(8-13(11)21-10-17-19-20-21)18-14(22)15(9-16)4-6-23-7-5-15/h2-3,8,10H,4-7,9,16H2,1H3,(H,18,22). The van der Waals surface area contributed by atoms with Crippen LogP contribution in [0.15, 0.2) is 24.5 Å². The molecule has 0 aliphatic carbocycles. The molecule has 0 radical (unpaired) electrons. The maximum Gasteiger partial charge on any atom is 0.232 e. The molecule has 0 saturated carbocycles. The fourth-order valence-electron chi connectivity index (χ4n) is 2.76. The van der Waals surface area contributed by atoms with Crippen LogP contribution in [0.3, 0.4) is 0 Å². The highest BCUT2D eigenvalue weighted by molar-refractivity contribution is 5.95. The number of benzene rings is 1. The second-order valence-corrected chi connectivity index (χ2v) is 5.81. The van der Waals surface area contributed by atoms with Crippen LogP contribution in [0.5, 0.6) is 0 Å². The second kappa shape index (κ2) is 6.43. The third kappa shape index (κ3) is 3.08. The highest BCUT2D eigenvalue weighted by Crippen LogP contribution is 2.31. The Morgan fingerprint density at radius 2 is 2.22 bits per heavy atom. The van der Waals surface area contributed by atoms with Gasteiger partial charge in [-0.3, -0.25) is 4.79 Å². The summed E-state index contributed by atoms with van der Waals surface area (Å²) in [6.07, 6.45) is 2.80. The first-order valence-corrected chi connectivity index (χ1v) is 7.58. The van der Waals surface area contributed by atoms with E-state index in [9.17, 15) is 4.79 Å². The minimum absolute atomic E-state index is 0.0604. The average Bonchev–Trinajstić information content (AvgIpc) is 3.11. The van der Waals surface area contributed by atoms with Gasteiger partial charge in [-0.05, 0) is 47.9 Å². The Balaban J connectivity index is 1.82. The van der Waals surface area contributed by atoms with Gasteiger partial charge in [-0.1, -0.05) is 6.07 Å². The third-order valence-electron chi connectivity index (χ3n) is 4.39. The highest BCUT2D eigenvalue weighted by atomic mass is 16.5.